The lowest BCUT2D eigenvalue weighted by atomic mass is 10.3. The van der Waals surface area contributed by atoms with Crippen LogP contribution in [-0.2, 0) is 20.0 Å². The molecule has 9 nitrogen and oxygen atoms in total. The third-order valence-corrected chi connectivity index (χ3v) is 6.03. The van der Waals surface area contributed by atoms with Crippen molar-refractivity contribution in [1.29, 1.82) is 0 Å². The molecule has 22 heavy (non-hydrogen) atoms. The van der Waals surface area contributed by atoms with E-state index in [1.807, 2.05) is 4.72 Å². The van der Waals surface area contributed by atoms with Gasteiger partial charge in [0.05, 0.1) is 16.0 Å². The number of nitrogens with one attached hydrogen (secondary N) is 1. The summed E-state index contributed by atoms with van der Waals surface area (Å²) in [5.74, 6) is 0. The van der Waals surface area contributed by atoms with Crippen LogP contribution in [0.4, 0.5) is 5.69 Å². The molecule has 1 heterocycles. The maximum Gasteiger partial charge on any atom is 0.244 e. The molecule has 0 spiro atoms. The molecule has 0 radical (unpaired) electrons. The largest absolute Gasteiger partial charge is 0.244 e. The first-order chi connectivity index (χ1) is 9.99. The summed E-state index contributed by atoms with van der Waals surface area (Å²) in [6.07, 6.45) is -1.38. The molecule has 0 amide bonds. The van der Waals surface area contributed by atoms with Crippen LogP contribution in [0.3, 0.4) is 0 Å². The molecule has 0 bridgehead atoms. The molecule has 3 N–H and O–H groups in total. The zero-order chi connectivity index (χ0) is 16.9. The fourth-order valence-electron chi connectivity index (χ4n) is 1.81. The Hall–Kier alpha value is -0.690. The van der Waals surface area contributed by atoms with Crippen LogP contribution in [0.15, 0.2) is 27.2 Å². The number of rotatable bonds is 3. The van der Waals surface area contributed by atoms with E-state index in [4.69, 9.17) is 39.9 Å². The van der Waals surface area contributed by atoms with Crippen LogP contribution in [0.5, 0.6) is 0 Å². The smallest absolute Gasteiger partial charge is 0.225 e. The molecule has 0 saturated heterocycles. The van der Waals surface area contributed by atoms with Crippen LogP contribution in [0.1, 0.15) is 0 Å². The van der Waals surface area contributed by atoms with Crippen LogP contribution in [0.2, 0.25) is 5.02 Å². The minimum atomic E-state index is -4.27. The van der Waals surface area contributed by atoms with E-state index in [0.717, 1.165) is 12.1 Å². The number of fused-ring (bicyclic) bond motifs is 1. The molecular weight excluding hydrogens is 403 g/mol. The molecular formula is C8H7Cl3N4O5S2. The third kappa shape index (κ3) is 3.02. The van der Waals surface area contributed by atoms with Gasteiger partial charge < -0.3 is 0 Å². The molecule has 1 aromatic rings. The van der Waals surface area contributed by atoms with Gasteiger partial charge in [-0.2, -0.15) is 4.72 Å². The van der Waals surface area contributed by atoms with Gasteiger partial charge in [0.1, 0.15) is 20.8 Å². The Labute approximate surface area is 140 Å². The third-order valence-electron chi connectivity index (χ3n) is 2.72. The summed E-state index contributed by atoms with van der Waals surface area (Å²) in [5, 5.41) is 7.85. The van der Waals surface area contributed by atoms with E-state index in [9.17, 15) is 21.7 Å². The van der Waals surface area contributed by atoms with Crippen molar-refractivity contribution < 1.29 is 16.8 Å². The highest BCUT2D eigenvalue weighted by atomic mass is 35.5. The Balaban J connectivity index is 2.81. The van der Waals surface area contributed by atoms with E-state index in [1.165, 1.54) is 0 Å². The number of primary sulfonamides is 1. The van der Waals surface area contributed by atoms with E-state index in [-0.39, 0.29) is 10.7 Å². The molecule has 2 rings (SSSR count). The van der Waals surface area contributed by atoms with Gasteiger partial charge in [0.15, 0.2) is 0 Å². The standard InChI is InChI=1S/C8H7Cl3N4O5S2/c9-3-1-4-6(2-5(3)21(12,17)18)22(19,20)13-8(7(10)11)15(4)14-16/h1-2,7-8,13H,(H2,12,17,18). The fraction of sp³-hybridized carbons (Fsp3) is 0.250. The van der Waals surface area contributed by atoms with Crippen LogP contribution < -0.4 is 14.9 Å². The number of hydrogen-bond donors (Lipinski definition) is 2. The van der Waals surface area contributed by atoms with E-state index in [1.54, 1.807) is 0 Å². The second-order valence-corrected chi connectivity index (χ2v) is 8.91. The predicted octanol–water partition coefficient (Wildman–Crippen LogP) is 0.897. The van der Waals surface area contributed by atoms with Gasteiger partial charge in [0.25, 0.3) is 0 Å². The van der Waals surface area contributed by atoms with Crippen molar-refractivity contribution >= 4 is 60.5 Å². The van der Waals surface area contributed by atoms with Gasteiger partial charge in [-0.1, -0.05) is 11.6 Å². The van der Waals surface area contributed by atoms with Crippen LogP contribution in [0, 0.1) is 4.91 Å². The van der Waals surface area contributed by atoms with E-state index >= 15 is 0 Å². The van der Waals surface area contributed by atoms with E-state index in [2.05, 4.69) is 5.29 Å². The maximum atomic E-state index is 12.2. The minimum absolute atomic E-state index is 0.276. The highest BCUT2D eigenvalue weighted by Crippen LogP contribution is 2.38. The maximum absolute atomic E-state index is 12.2. The second-order valence-electron chi connectivity index (χ2n) is 4.12. The number of alkyl halides is 2. The Morgan fingerprint density at radius 1 is 1.36 bits per heavy atom. The molecule has 0 saturated carbocycles. The topological polar surface area (TPSA) is 139 Å². The van der Waals surface area contributed by atoms with Gasteiger partial charge in [-0.05, 0) is 12.1 Å². The monoisotopic (exact) mass is 408 g/mol. The first kappa shape index (κ1) is 17.7. The van der Waals surface area contributed by atoms with Gasteiger partial charge in [0, 0.05) is 0 Å². The van der Waals surface area contributed by atoms with Gasteiger partial charge >= 0.3 is 0 Å². The Morgan fingerprint density at radius 3 is 2.41 bits per heavy atom. The second kappa shape index (κ2) is 5.74. The number of anilines is 1. The van der Waals surface area contributed by atoms with Gasteiger partial charge in [-0.25, -0.2) is 27.0 Å². The predicted molar refractivity (Wildman–Crippen MR) is 80.7 cm³/mol. The molecule has 1 atom stereocenters. The lowest BCUT2D eigenvalue weighted by Crippen LogP contribution is -2.53. The van der Waals surface area contributed by atoms with E-state index in [0.29, 0.717) is 5.01 Å². The zero-order valence-corrected chi connectivity index (χ0v) is 14.2. The van der Waals surface area contributed by atoms with Crippen LogP contribution in [0.25, 0.3) is 0 Å². The minimum Gasteiger partial charge on any atom is -0.225 e. The Bertz CT molecular complexity index is 842. The molecule has 0 aromatic heterocycles. The molecule has 1 aliphatic heterocycles. The highest BCUT2D eigenvalue weighted by Gasteiger charge is 2.40. The molecule has 1 unspecified atom stereocenters. The van der Waals surface area contributed by atoms with Crippen molar-refractivity contribution in [2.45, 2.75) is 20.8 Å². The molecule has 1 aromatic carbocycles. The van der Waals surface area contributed by atoms with Gasteiger partial charge in [-0.15, -0.1) is 28.1 Å². The van der Waals surface area contributed by atoms with Crippen molar-refractivity contribution in [2.24, 2.45) is 10.4 Å². The number of nitroso groups, excluding NO2 is 1. The van der Waals surface area contributed by atoms with Gasteiger partial charge in [-0.3, -0.25) is 0 Å². The summed E-state index contributed by atoms with van der Waals surface area (Å²) < 4.78 is 49.2. The summed E-state index contributed by atoms with van der Waals surface area (Å²) in [5.41, 5.74) is -0.276. The number of halogens is 3. The number of hydrogen-bond acceptors (Lipinski definition) is 6. The van der Waals surface area contributed by atoms with E-state index < -0.39 is 40.8 Å². The number of nitrogens with zero attached hydrogens (tertiary/aromatic N) is 2. The molecule has 0 fully saturated rings. The SMILES string of the molecule is NS(=O)(=O)c1cc2c(cc1Cl)N(N=O)C(C(Cl)Cl)NS2(=O)=O. The highest BCUT2D eigenvalue weighted by molar-refractivity contribution is 7.90. The number of sulfonamides is 2. The number of nitrogens with two attached hydrogens (primary N) is 1. The van der Waals surface area contributed by atoms with Crippen molar-refractivity contribution in [3.8, 4) is 0 Å². The molecule has 122 valence electrons. The average Bonchev–Trinajstić information content (AvgIpc) is 2.35. The first-order valence-electron chi connectivity index (χ1n) is 5.28. The van der Waals surface area contributed by atoms with Crippen molar-refractivity contribution in [2.75, 3.05) is 5.01 Å². The lowest BCUT2D eigenvalue weighted by Gasteiger charge is -2.33. The summed E-state index contributed by atoms with van der Waals surface area (Å²) in [6, 6.07) is 1.65. The average molecular weight is 410 g/mol. The summed E-state index contributed by atoms with van der Waals surface area (Å²) in [7, 11) is -8.49. The van der Waals surface area contributed by atoms with Gasteiger partial charge in [0.2, 0.25) is 20.0 Å². The molecule has 0 aliphatic carbocycles. The summed E-state index contributed by atoms with van der Waals surface area (Å²) in [6.45, 7) is 0. The van der Waals surface area contributed by atoms with Crippen molar-refractivity contribution in [3.05, 3.63) is 22.1 Å². The zero-order valence-electron chi connectivity index (χ0n) is 10.3. The van der Waals surface area contributed by atoms with Crippen molar-refractivity contribution in [1.82, 2.24) is 4.72 Å². The summed E-state index contributed by atoms with van der Waals surface area (Å²) >= 11 is 17.0. The Kier molecular flexibility index (Phi) is 4.61. The first-order valence-corrected chi connectivity index (χ1v) is 9.56. The molecule has 1 aliphatic rings. The van der Waals surface area contributed by atoms with Crippen molar-refractivity contribution in [3.63, 3.8) is 0 Å². The quantitative estimate of drug-likeness (QED) is 0.561. The number of benzene rings is 1. The Morgan fingerprint density at radius 2 is 1.95 bits per heavy atom. The van der Waals surface area contributed by atoms with Crippen LogP contribution in [-0.4, -0.2) is 27.8 Å². The van der Waals surface area contributed by atoms with Crippen LogP contribution >= 0.6 is 34.8 Å². The summed E-state index contributed by atoms with van der Waals surface area (Å²) in [4.78, 5) is 8.48. The lowest BCUT2D eigenvalue weighted by molar-refractivity contribution is 0.529. The molecule has 14 heteroatoms. The fourth-order valence-corrected chi connectivity index (χ4v) is 4.85. The normalized spacial score (nSPS) is 20.8.